The fourth-order valence-electron chi connectivity index (χ4n) is 2.71. The van der Waals surface area contributed by atoms with Gasteiger partial charge in [0, 0.05) is 26.1 Å². The summed E-state index contributed by atoms with van der Waals surface area (Å²) in [6, 6.07) is 2.09. The van der Waals surface area contributed by atoms with Crippen molar-refractivity contribution in [2.24, 2.45) is 0 Å². The number of benzene rings is 1. The molecule has 0 spiro atoms. The molecule has 0 aromatic heterocycles. The Morgan fingerprint density at radius 3 is 2.38 bits per heavy atom. The summed E-state index contributed by atoms with van der Waals surface area (Å²) in [5, 5.41) is 0. The Bertz CT molecular complexity index is 650. The quantitative estimate of drug-likeness (QED) is 0.915. The largest absolute Gasteiger partial charge is 0.344 e. The Hall–Kier alpha value is -1.47. The highest BCUT2D eigenvalue weighted by molar-refractivity contribution is 7.89. The second-order valence-electron chi connectivity index (χ2n) is 5.50. The van der Waals surface area contributed by atoms with Crippen molar-refractivity contribution in [1.29, 1.82) is 0 Å². The van der Waals surface area contributed by atoms with Crippen LogP contribution in [-0.2, 0) is 14.8 Å². The second kappa shape index (κ2) is 5.73. The molecule has 5 nitrogen and oxygen atoms in total. The van der Waals surface area contributed by atoms with E-state index in [-0.39, 0.29) is 16.8 Å². The first-order valence-electron chi connectivity index (χ1n) is 6.74. The summed E-state index contributed by atoms with van der Waals surface area (Å²) in [5.41, 5.74) is 0.750. The van der Waals surface area contributed by atoms with E-state index in [4.69, 9.17) is 0 Å². The molecule has 0 aliphatic carbocycles. The van der Waals surface area contributed by atoms with Crippen LogP contribution in [0.2, 0.25) is 0 Å². The van der Waals surface area contributed by atoms with Crippen molar-refractivity contribution in [1.82, 2.24) is 9.62 Å². The number of nitrogens with one attached hydrogen (secondary N) is 1. The van der Waals surface area contributed by atoms with E-state index in [1.807, 2.05) is 0 Å². The number of carbonyl (C=O) groups is 1. The second-order valence-corrected chi connectivity index (χ2v) is 7.15. The van der Waals surface area contributed by atoms with Gasteiger partial charge in [-0.3, -0.25) is 4.79 Å². The highest BCUT2D eigenvalue weighted by Gasteiger charge is 2.28. The number of likely N-dealkylation sites (tertiary alicyclic amines) is 1. The lowest BCUT2D eigenvalue weighted by Crippen LogP contribution is -2.48. The lowest BCUT2D eigenvalue weighted by atomic mass is 10.1. The molecule has 1 aromatic carbocycles. The first kappa shape index (κ1) is 15.9. The third kappa shape index (κ3) is 3.41. The topological polar surface area (TPSA) is 66.5 Å². The molecule has 0 radical (unpaired) electrons. The van der Waals surface area contributed by atoms with Crippen LogP contribution in [0.4, 0.5) is 4.39 Å². The molecule has 1 heterocycles. The summed E-state index contributed by atoms with van der Waals surface area (Å²) >= 11 is 0. The van der Waals surface area contributed by atoms with Gasteiger partial charge in [-0.2, -0.15) is 0 Å². The van der Waals surface area contributed by atoms with Gasteiger partial charge in [0.15, 0.2) is 0 Å². The fourth-order valence-corrected chi connectivity index (χ4v) is 4.42. The Labute approximate surface area is 124 Å². The number of hydrogen-bond donors (Lipinski definition) is 1. The normalized spacial score (nSPS) is 19.9. The van der Waals surface area contributed by atoms with Gasteiger partial charge in [-0.15, -0.1) is 0 Å². The van der Waals surface area contributed by atoms with Gasteiger partial charge in [-0.25, -0.2) is 17.5 Å². The lowest BCUT2D eigenvalue weighted by molar-refractivity contribution is -0.132. The molecule has 21 heavy (non-hydrogen) atoms. The smallest absolute Gasteiger partial charge is 0.241 e. The summed E-state index contributed by atoms with van der Waals surface area (Å²) in [7, 11) is -2.08. The number of rotatable bonds is 3. The first-order chi connectivity index (χ1) is 9.70. The molecule has 0 saturated carbocycles. The minimum Gasteiger partial charge on any atom is -0.344 e. The highest BCUT2D eigenvalue weighted by Crippen LogP contribution is 2.22. The van der Waals surface area contributed by atoms with E-state index in [2.05, 4.69) is 4.72 Å². The number of halogens is 1. The van der Waals surface area contributed by atoms with Gasteiger partial charge in [0.05, 0.1) is 4.90 Å². The van der Waals surface area contributed by atoms with E-state index < -0.39 is 15.8 Å². The van der Waals surface area contributed by atoms with Crippen LogP contribution in [0, 0.1) is 19.7 Å². The number of nitrogens with zero attached hydrogens (tertiary/aromatic N) is 1. The lowest BCUT2D eigenvalue weighted by Gasteiger charge is -2.30. The Balaban J connectivity index is 2.25. The van der Waals surface area contributed by atoms with Crippen molar-refractivity contribution < 1.29 is 17.6 Å². The van der Waals surface area contributed by atoms with E-state index in [0.717, 1.165) is 0 Å². The van der Waals surface area contributed by atoms with Crippen molar-refractivity contribution in [3.63, 3.8) is 0 Å². The van der Waals surface area contributed by atoms with Gasteiger partial charge in [0.2, 0.25) is 15.9 Å². The number of sulfonamides is 1. The van der Waals surface area contributed by atoms with Crippen molar-refractivity contribution in [3.8, 4) is 0 Å². The van der Waals surface area contributed by atoms with Gasteiger partial charge in [0.1, 0.15) is 5.82 Å². The molecular formula is C14H19FN2O3S. The highest BCUT2D eigenvalue weighted by atomic mass is 32.2. The van der Waals surface area contributed by atoms with Crippen LogP contribution < -0.4 is 4.72 Å². The molecule has 1 unspecified atom stereocenters. The summed E-state index contributed by atoms with van der Waals surface area (Å²) in [6.45, 7) is 3.49. The van der Waals surface area contributed by atoms with E-state index in [1.54, 1.807) is 20.9 Å². The average molecular weight is 314 g/mol. The number of likely N-dealkylation sites (N-methyl/N-ethyl adjacent to an activating group) is 1. The number of carbonyl (C=O) groups excluding carboxylic acids is 1. The molecule has 1 atom stereocenters. The Morgan fingerprint density at radius 1 is 1.29 bits per heavy atom. The zero-order chi connectivity index (χ0) is 15.8. The number of piperidine rings is 1. The minimum absolute atomic E-state index is 0.0135. The molecule has 1 amide bonds. The summed E-state index contributed by atoms with van der Waals surface area (Å²) in [4.78, 5) is 13.1. The van der Waals surface area contributed by atoms with Gasteiger partial charge >= 0.3 is 0 Å². The molecule has 1 aromatic rings. The molecule has 7 heteroatoms. The van der Waals surface area contributed by atoms with E-state index in [9.17, 15) is 17.6 Å². The molecule has 1 aliphatic heterocycles. The molecule has 116 valence electrons. The summed E-state index contributed by atoms with van der Waals surface area (Å²) in [6.07, 6.45) is 0.798. The maximum absolute atomic E-state index is 13.3. The molecule has 1 aliphatic rings. The minimum atomic E-state index is -3.73. The third-order valence-electron chi connectivity index (χ3n) is 3.64. The van der Waals surface area contributed by atoms with Crippen LogP contribution in [0.15, 0.2) is 17.0 Å². The zero-order valence-corrected chi connectivity index (χ0v) is 13.1. The van der Waals surface area contributed by atoms with Crippen molar-refractivity contribution in [2.45, 2.75) is 37.6 Å². The van der Waals surface area contributed by atoms with E-state index in [0.29, 0.717) is 30.5 Å². The summed E-state index contributed by atoms with van der Waals surface area (Å²) in [5.74, 6) is -0.438. The summed E-state index contributed by atoms with van der Waals surface area (Å²) < 4.78 is 40.9. The first-order valence-corrected chi connectivity index (χ1v) is 8.22. The van der Waals surface area contributed by atoms with Crippen molar-refractivity contribution >= 4 is 15.9 Å². The Morgan fingerprint density at radius 2 is 1.86 bits per heavy atom. The average Bonchev–Trinajstić information content (AvgIpc) is 2.31. The molecular weight excluding hydrogens is 295 g/mol. The standard InChI is InChI=1S/C14H19FN2O3S/c1-9-6-11(15)7-10(2)14(9)21(19,20)16-12-4-5-13(18)17(3)8-12/h6-7,12,16H,4-5,8H2,1-3H3. The van der Waals surface area contributed by atoms with Gasteiger partial charge < -0.3 is 4.90 Å². The van der Waals surface area contributed by atoms with Crippen LogP contribution in [0.3, 0.4) is 0 Å². The van der Waals surface area contributed by atoms with Crippen LogP contribution in [0.1, 0.15) is 24.0 Å². The third-order valence-corrected chi connectivity index (χ3v) is 5.47. The number of aryl methyl sites for hydroxylation is 2. The van der Waals surface area contributed by atoms with Crippen LogP contribution in [-0.4, -0.2) is 38.9 Å². The molecule has 1 saturated heterocycles. The maximum atomic E-state index is 13.3. The van der Waals surface area contributed by atoms with Crippen molar-refractivity contribution in [2.75, 3.05) is 13.6 Å². The van der Waals surface area contributed by atoms with Crippen LogP contribution >= 0.6 is 0 Å². The maximum Gasteiger partial charge on any atom is 0.241 e. The number of hydrogen-bond acceptors (Lipinski definition) is 3. The monoisotopic (exact) mass is 314 g/mol. The molecule has 1 fully saturated rings. The Kier molecular flexibility index (Phi) is 4.34. The predicted octanol–water partition coefficient (Wildman–Crippen LogP) is 1.34. The fraction of sp³-hybridized carbons (Fsp3) is 0.500. The zero-order valence-electron chi connectivity index (χ0n) is 12.3. The van der Waals surface area contributed by atoms with Crippen LogP contribution in [0.5, 0.6) is 0 Å². The van der Waals surface area contributed by atoms with Gasteiger partial charge in [0.25, 0.3) is 0 Å². The van der Waals surface area contributed by atoms with E-state index in [1.165, 1.54) is 17.0 Å². The van der Waals surface area contributed by atoms with Gasteiger partial charge in [-0.05, 0) is 43.5 Å². The predicted molar refractivity (Wildman–Crippen MR) is 76.9 cm³/mol. The SMILES string of the molecule is Cc1cc(F)cc(C)c1S(=O)(=O)NC1CCC(=O)N(C)C1. The van der Waals surface area contributed by atoms with Crippen LogP contribution in [0.25, 0.3) is 0 Å². The number of amides is 1. The van der Waals surface area contributed by atoms with E-state index >= 15 is 0 Å². The molecule has 2 rings (SSSR count). The van der Waals surface area contributed by atoms with Gasteiger partial charge in [-0.1, -0.05) is 0 Å². The molecule has 0 bridgehead atoms. The van der Waals surface area contributed by atoms with Crippen molar-refractivity contribution in [3.05, 3.63) is 29.1 Å². The molecule has 1 N–H and O–H groups in total.